The van der Waals surface area contributed by atoms with Crippen LogP contribution in [-0.4, -0.2) is 49.2 Å². The number of aliphatic hydroxyl groups is 1. The molecule has 1 heterocycles. The van der Waals surface area contributed by atoms with Gasteiger partial charge in [0.15, 0.2) is 0 Å². The summed E-state index contributed by atoms with van der Waals surface area (Å²) in [6.45, 7) is 2.13. The van der Waals surface area contributed by atoms with Gasteiger partial charge < -0.3 is 15.1 Å². The molecule has 122 valence electrons. The molecule has 1 aromatic carbocycles. The molecule has 1 amide bonds. The Bertz CT molecular complexity index is 549. The van der Waals surface area contributed by atoms with Crippen LogP contribution in [0, 0.1) is 12.8 Å². The number of aryl methyl sites for hydroxylation is 1. The van der Waals surface area contributed by atoms with Crippen molar-refractivity contribution >= 4 is 17.5 Å². The molecule has 2 rings (SSSR count). The first-order valence-electron chi connectivity index (χ1n) is 6.89. The van der Waals surface area contributed by atoms with Gasteiger partial charge in [-0.3, -0.25) is 8.74 Å². The van der Waals surface area contributed by atoms with Crippen molar-refractivity contribution in [3.8, 4) is 0 Å². The number of amides is 1. The normalized spacial score (nSPS) is 24.8. The molecule has 4 atom stereocenters. The highest BCUT2D eigenvalue weighted by molar-refractivity contribution is 7.74. The molecule has 0 aliphatic carbocycles. The topological polar surface area (TPSA) is 107 Å². The fourth-order valence-electron chi connectivity index (χ4n) is 2.70. The van der Waals surface area contributed by atoms with Crippen molar-refractivity contribution in [2.45, 2.75) is 25.6 Å². The second kappa shape index (κ2) is 7.19. The van der Waals surface area contributed by atoms with Crippen LogP contribution in [0.1, 0.15) is 23.7 Å². The monoisotopic (exact) mass is 329 g/mol. The summed E-state index contributed by atoms with van der Waals surface area (Å²) in [5.74, 6) is -0.450. The third kappa shape index (κ3) is 4.04. The van der Waals surface area contributed by atoms with E-state index in [1.165, 1.54) is 0 Å². The highest BCUT2D eigenvalue weighted by atomic mass is 32.2. The number of rotatable bonds is 4. The van der Waals surface area contributed by atoms with Crippen LogP contribution in [0.5, 0.6) is 0 Å². The second-order valence-corrected chi connectivity index (χ2v) is 6.02. The molecule has 0 spiro atoms. The van der Waals surface area contributed by atoms with E-state index in [0.29, 0.717) is 12.0 Å². The Morgan fingerprint density at radius 1 is 1.41 bits per heavy atom. The van der Waals surface area contributed by atoms with E-state index in [0.717, 1.165) is 10.5 Å². The number of β-amino-alcohol motifs (C(OH)–C–C–N with tert-alkyl or cyclic N) is 1. The van der Waals surface area contributed by atoms with E-state index >= 15 is 0 Å². The maximum absolute atomic E-state index is 11.1. The van der Waals surface area contributed by atoms with Gasteiger partial charge in [-0.15, -0.1) is 0 Å². The summed E-state index contributed by atoms with van der Waals surface area (Å²) in [6, 6.07) is 7.27. The van der Waals surface area contributed by atoms with E-state index in [1.807, 2.05) is 19.1 Å². The molecule has 1 fully saturated rings. The van der Waals surface area contributed by atoms with E-state index in [-0.39, 0.29) is 13.1 Å². The highest BCUT2D eigenvalue weighted by Crippen LogP contribution is 2.34. The summed E-state index contributed by atoms with van der Waals surface area (Å²) in [4.78, 5) is 12.1. The summed E-state index contributed by atoms with van der Waals surface area (Å²) < 4.78 is 25.2. The van der Waals surface area contributed by atoms with Gasteiger partial charge in [0.2, 0.25) is 0 Å². The quantitative estimate of drug-likeness (QED) is 0.724. The number of hydrogen-bond donors (Lipinski definition) is 3. The number of piperidine rings is 1. The molecule has 0 bridgehead atoms. The van der Waals surface area contributed by atoms with Crippen molar-refractivity contribution in [3.05, 3.63) is 35.4 Å². The zero-order valence-electron chi connectivity index (χ0n) is 12.1. The molecule has 3 N–H and O–H groups in total. The number of carbonyl (C=O) groups is 1. The molecule has 1 saturated heterocycles. The Morgan fingerprint density at radius 2 is 2.05 bits per heavy atom. The van der Waals surface area contributed by atoms with Gasteiger partial charge in [-0.1, -0.05) is 29.8 Å². The third-order valence-corrected chi connectivity index (χ3v) is 4.26. The van der Waals surface area contributed by atoms with Crippen LogP contribution in [0.15, 0.2) is 24.3 Å². The summed E-state index contributed by atoms with van der Waals surface area (Å²) in [7, 11) is 0. The van der Waals surface area contributed by atoms with Crippen LogP contribution in [0.4, 0.5) is 4.79 Å². The van der Waals surface area contributed by atoms with E-state index in [1.54, 1.807) is 12.1 Å². The fraction of sp³-hybridized carbons (Fsp3) is 0.500. The van der Waals surface area contributed by atoms with Crippen LogP contribution in [-0.2, 0) is 15.5 Å². The van der Waals surface area contributed by atoms with Gasteiger partial charge in [-0.25, -0.2) is 4.79 Å². The Balaban J connectivity index is 2.20. The minimum atomic E-state index is -2.48. The van der Waals surface area contributed by atoms with Crippen LogP contribution >= 0.6 is 0 Å². The van der Waals surface area contributed by atoms with Crippen molar-refractivity contribution in [3.63, 3.8) is 0 Å². The molecule has 1 aliphatic heterocycles. The minimum absolute atomic E-state index is 0.0379. The lowest BCUT2D eigenvalue weighted by Gasteiger charge is -2.37. The zero-order chi connectivity index (χ0) is 16.3. The van der Waals surface area contributed by atoms with E-state index in [9.17, 15) is 14.1 Å². The predicted molar refractivity (Wildman–Crippen MR) is 79.5 cm³/mol. The van der Waals surface area contributed by atoms with Gasteiger partial charge in [0.1, 0.15) is 6.10 Å². The highest BCUT2D eigenvalue weighted by Gasteiger charge is 2.37. The van der Waals surface area contributed by atoms with Gasteiger partial charge in [-0.05, 0) is 18.9 Å². The largest absolute Gasteiger partial charge is 0.465 e. The smallest absolute Gasteiger partial charge is 0.407 e. The Hall–Kier alpha value is -1.48. The van der Waals surface area contributed by atoms with Gasteiger partial charge >= 0.3 is 17.5 Å². The number of hydrogen-bond acceptors (Lipinski definition) is 4. The fourth-order valence-corrected chi connectivity index (χ4v) is 3.13. The summed E-state index contributed by atoms with van der Waals surface area (Å²) in [5, 5.41) is 19.2. The molecule has 1 aliphatic rings. The Kier molecular flexibility index (Phi) is 5.52. The summed E-state index contributed by atoms with van der Waals surface area (Å²) >= 11 is -2.48. The molecular weight excluding hydrogens is 310 g/mol. The average molecular weight is 329 g/mol. The molecule has 7 nitrogen and oxygen atoms in total. The lowest BCUT2D eigenvalue weighted by atomic mass is 9.85. The zero-order valence-corrected chi connectivity index (χ0v) is 12.9. The lowest BCUT2D eigenvalue weighted by molar-refractivity contribution is -0.0246. The molecule has 0 saturated carbocycles. The third-order valence-electron chi connectivity index (χ3n) is 3.89. The molecular formula is C14H19NO6S. The minimum Gasteiger partial charge on any atom is -0.465 e. The van der Waals surface area contributed by atoms with Crippen LogP contribution in [0.3, 0.4) is 0 Å². The van der Waals surface area contributed by atoms with Crippen molar-refractivity contribution in [1.82, 2.24) is 4.90 Å². The Labute approximate surface area is 131 Å². The van der Waals surface area contributed by atoms with Crippen molar-refractivity contribution in [2.24, 2.45) is 5.92 Å². The van der Waals surface area contributed by atoms with Gasteiger partial charge in [0.05, 0.1) is 12.6 Å². The number of benzene rings is 1. The number of carboxylic acid groups (broad SMARTS) is 1. The number of aliphatic hydroxyl groups excluding tert-OH is 1. The van der Waals surface area contributed by atoms with Crippen LogP contribution in [0.25, 0.3) is 0 Å². The molecule has 0 radical (unpaired) electrons. The SMILES string of the molecule is Cc1ccc(C(OS(=O)O)C2CCN(C(=O)O)CC2O)cc1. The van der Waals surface area contributed by atoms with Crippen molar-refractivity contribution in [1.29, 1.82) is 0 Å². The average Bonchev–Trinajstić information content (AvgIpc) is 2.45. The second-order valence-electron chi connectivity index (χ2n) is 5.39. The number of nitrogens with zero attached hydrogens (tertiary/aromatic N) is 1. The maximum atomic E-state index is 11.1. The molecule has 1 aromatic rings. The Morgan fingerprint density at radius 3 is 2.55 bits per heavy atom. The first kappa shape index (κ1) is 16.9. The summed E-state index contributed by atoms with van der Waals surface area (Å²) in [5.41, 5.74) is 1.72. The number of likely N-dealkylation sites (tertiary alicyclic amines) is 1. The van der Waals surface area contributed by atoms with Crippen LogP contribution < -0.4 is 0 Å². The van der Waals surface area contributed by atoms with Crippen molar-refractivity contribution in [2.75, 3.05) is 13.1 Å². The standard InChI is InChI=1S/C14H19NO6S/c1-9-2-4-10(5-3-9)13(21-22(19)20)11-6-7-15(14(17)18)8-12(11)16/h2-5,11-13,16H,6-8H2,1H3,(H,17,18)(H,19,20). The van der Waals surface area contributed by atoms with Crippen molar-refractivity contribution < 1.29 is 28.0 Å². The first-order valence-corrected chi connectivity index (χ1v) is 7.92. The lowest BCUT2D eigenvalue weighted by Crippen LogP contribution is -2.48. The predicted octanol–water partition coefficient (Wildman–Crippen LogP) is 1.55. The maximum Gasteiger partial charge on any atom is 0.407 e. The van der Waals surface area contributed by atoms with E-state index < -0.39 is 35.6 Å². The van der Waals surface area contributed by atoms with E-state index in [2.05, 4.69) is 0 Å². The first-order chi connectivity index (χ1) is 10.4. The van der Waals surface area contributed by atoms with E-state index in [4.69, 9.17) is 13.8 Å². The summed E-state index contributed by atoms with van der Waals surface area (Å²) in [6.07, 6.45) is -2.46. The van der Waals surface area contributed by atoms with Gasteiger partial charge in [-0.2, -0.15) is 4.21 Å². The molecule has 22 heavy (non-hydrogen) atoms. The molecule has 0 aromatic heterocycles. The van der Waals surface area contributed by atoms with Gasteiger partial charge in [0, 0.05) is 12.5 Å². The molecule has 8 heteroatoms. The van der Waals surface area contributed by atoms with Crippen LogP contribution in [0.2, 0.25) is 0 Å². The molecule has 4 unspecified atom stereocenters. The van der Waals surface area contributed by atoms with Gasteiger partial charge in [0.25, 0.3) is 0 Å².